The van der Waals surface area contributed by atoms with Crippen LogP contribution < -0.4 is 5.32 Å². The van der Waals surface area contributed by atoms with Gasteiger partial charge in [0.2, 0.25) is 0 Å². The summed E-state index contributed by atoms with van der Waals surface area (Å²) in [7, 11) is 0. The highest BCUT2D eigenvalue weighted by Gasteiger charge is 2.03. The van der Waals surface area contributed by atoms with Gasteiger partial charge in [0.05, 0.1) is 0 Å². The van der Waals surface area contributed by atoms with Crippen LogP contribution >= 0.6 is 0 Å². The number of anilines is 1. The molecule has 0 bridgehead atoms. The number of hydrogen-bond donors (Lipinski definition) is 1. The summed E-state index contributed by atoms with van der Waals surface area (Å²) in [6.07, 6.45) is 3.04. The Balaban J connectivity index is 1.65. The predicted octanol–water partition coefficient (Wildman–Crippen LogP) is 5.61. The minimum Gasteiger partial charge on any atom is -0.362 e. The molecule has 3 heteroatoms. The molecule has 0 aromatic heterocycles. The maximum atomic E-state index is 13.2. The van der Waals surface area contributed by atoms with E-state index < -0.39 is 0 Å². The number of halogens is 1. The zero-order valence-corrected chi connectivity index (χ0v) is 13.9. The lowest BCUT2D eigenvalue weighted by Crippen LogP contribution is -1.96. The highest BCUT2D eigenvalue weighted by Crippen LogP contribution is 2.19. The molecule has 2 nitrogen and oxygen atoms in total. The van der Waals surface area contributed by atoms with E-state index in [2.05, 4.69) is 5.32 Å². The summed E-state index contributed by atoms with van der Waals surface area (Å²) >= 11 is 0. The largest absolute Gasteiger partial charge is 0.362 e. The summed E-state index contributed by atoms with van der Waals surface area (Å²) in [5, 5.41) is 2.98. The zero-order chi connectivity index (χ0) is 17.6. The number of rotatable bonds is 5. The van der Waals surface area contributed by atoms with Gasteiger partial charge in [0.1, 0.15) is 5.82 Å². The number of ketones is 1. The summed E-state index contributed by atoms with van der Waals surface area (Å²) in [4.78, 5) is 12.2. The minimum absolute atomic E-state index is 0.0917. The molecule has 0 spiro atoms. The predicted molar refractivity (Wildman–Crippen MR) is 100 cm³/mol. The second kappa shape index (κ2) is 7.58. The maximum Gasteiger partial charge on any atom is 0.187 e. The van der Waals surface area contributed by atoms with Crippen LogP contribution in [0.2, 0.25) is 0 Å². The molecule has 0 aliphatic rings. The van der Waals surface area contributed by atoms with Gasteiger partial charge in [-0.25, -0.2) is 4.39 Å². The fourth-order valence-electron chi connectivity index (χ4n) is 2.50. The van der Waals surface area contributed by atoms with E-state index in [9.17, 15) is 9.18 Å². The Morgan fingerprint density at radius 1 is 0.920 bits per heavy atom. The first-order chi connectivity index (χ1) is 12.1. The Morgan fingerprint density at radius 3 is 2.28 bits per heavy atom. The van der Waals surface area contributed by atoms with E-state index in [1.807, 2.05) is 54.6 Å². The van der Waals surface area contributed by atoms with Gasteiger partial charge in [0.15, 0.2) is 5.78 Å². The zero-order valence-electron chi connectivity index (χ0n) is 13.9. The molecule has 0 aliphatic heterocycles. The molecule has 0 radical (unpaired) electrons. The van der Waals surface area contributed by atoms with Crippen LogP contribution in [0.25, 0.3) is 11.1 Å². The average Bonchev–Trinajstić information content (AvgIpc) is 2.65. The minimum atomic E-state index is -0.246. The van der Waals surface area contributed by atoms with Crippen molar-refractivity contribution in [2.45, 2.75) is 6.92 Å². The quantitative estimate of drug-likeness (QED) is 0.486. The van der Waals surface area contributed by atoms with Crippen molar-refractivity contribution in [1.29, 1.82) is 0 Å². The number of aryl methyl sites for hydroxylation is 1. The second-order valence-corrected chi connectivity index (χ2v) is 5.75. The third-order valence-corrected chi connectivity index (χ3v) is 3.92. The van der Waals surface area contributed by atoms with Gasteiger partial charge < -0.3 is 5.32 Å². The lowest BCUT2D eigenvalue weighted by atomic mass is 10.0. The molecule has 0 heterocycles. The number of allylic oxidation sites excluding steroid dienone is 1. The number of carbonyl (C=O) groups is 1. The molecule has 0 saturated heterocycles. The summed E-state index contributed by atoms with van der Waals surface area (Å²) in [5.41, 5.74) is 4.10. The molecule has 124 valence electrons. The highest BCUT2D eigenvalue weighted by molar-refractivity contribution is 6.04. The smallest absolute Gasteiger partial charge is 0.187 e. The van der Waals surface area contributed by atoms with Gasteiger partial charge in [-0.05, 0) is 41.8 Å². The Hall–Kier alpha value is -3.20. The van der Waals surface area contributed by atoms with E-state index in [1.54, 1.807) is 25.3 Å². The van der Waals surface area contributed by atoms with E-state index in [4.69, 9.17) is 0 Å². The Morgan fingerprint density at radius 2 is 1.60 bits per heavy atom. The molecule has 3 aromatic rings. The summed E-state index contributed by atoms with van der Waals surface area (Å²) in [6, 6.07) is 22.2. The van der Waals surface area contributed by atoms with Crippen molar-refractivity contribution in [2.75, 3.05) is 5.32 Å². The molecule has 3 rings (SSSR count). The molecule has 0 amide bonds. The van der Waals surface area contributed by atoms with Crippen LogP contribution in [0.1, 0.15) is 15.9 Å². The third kappa shape index (κ3) is 4.21. The van der Waals surface area contributed by atoms with Gasteiger partial charge in [-0.3, -0.25) is 4.79 Å². The van der Waals surface area contributed by atoms with Crippen molar-refractivity contribution in [3.05, 3.63) is 102 Å². The van der Waals surface area contributed by atoms with Crippen molar-refractivity contribution in [2.24, 2.45) is 0 Å². The molecular weight excluding hydrogens is 313 g/mol. The lowest BCUT2D eigenvalue weighted by molar-refractivity contribution is 0.104. The standard InChI is InChI=1S/C22H18FNO/c1-16-15-20(11-12-21(16)23)24-14-13-22(25)19-9-7-18(8-10-19)17-5-3-2-4-6-17/h2-15,24H,1H3/b14-13+. The summed E-state index contributed by atoms with van der Waals surface area (Å²) in [5.74, 6) is -0.338. The number of carbonyl (C=O) groups excluding carboxylic acids is 1. The molecule has 0 saturated carbocycles. The van der Waals surface area contributed by atoms with Gasteiger partial charge in [-0.15, -0.1) is 0 Å². The van der Waals surface area contributed by atoms with Crippen LogP contribution in [-0.4, -0.2) is 5.78 Å². The first-order valence-corrected chi connectivity index (χ1v) is 8.02. The van der Waals surface area contributed by atoms with Crippen molar-refractivity contribution < 1.29 is 9.18 Å². The summed E-state index contributed by atoms with van der Waals surface area (Å²) < 4.78 is 13.2. The van der Waals surface area contributed by atoms with Gasteiger partial charge >= 0.3 is 0 Å². The van der Waals surface area contributed by atoms with Crippen molar-refractivity contribution in [3.8, 4) is 11.1 Å². The number of benzene rings is 3. The third-order valence-electron chi connectivity index (χ3n) is 3.92. The van der Waals surface area contributed by atoms with Crippen LogP contribution in [0.5, 0.6) is 0 Å². The molecule has 0 aliphatic carbocycles. The van der Waals surface area contributed by atoms with Crippen LogP contribution in [-0.2, 0) is 0 Å². The fourth-order valence-corrected chi connectivity index (χ4v) is 2.50. The van der Waals surface area contributed by atoms with Crippen LogP contribution in [0.4, 0.5) is 10.1 Å². The molecule has 3 aromatic carbocycles. The fraction of sp³-hybridized carbons (Fsp3) is 0.0455. The monoisotopic (exact) mass is 331 g/mol. The van der Waals surface area contributed by atoms with Gasteiger partial charge in [0.25, 0.3) is 0 Å². The van der Waals surface area contributed by atoms with E-state index in [0.29, 0.717) is 11.1 Å². The van der Waals surface area contributed by atoms with Gasteiger partial charge in [-0.1, -0.05) is 54.6 Å². The number of nitrogens with one attached hydrogen (secondary N) is 1. The SMILES string of the molecule is Cc1cc(N/C=C/C(=O)c2ccc(-c3ccccc3)cc2)ccc1F. The van der Waals surface area contributed by atoms with Gasteiger partial charge in [-0.2, -0.15) is 0 Å². The van der Waals surface area contributed by atoms with E-state index in [1.165, 1.54) is 12.1 Å². The van der Waals surface area contributed by atoms with E-state index >= 15 is 0 Å². The molecule has 0 fully saturated rings. The van der Waals surface area contributed by atoms with E-state index in [-0.39, 0.29) is 11.6 Å². The molecule has 25 heavy (non-hydrogen) atoms. The molecule has 1 N–H and O–H groups in total. The van der Waals surface area contributed by atoms with Crippen LogP contribution in [0.3, 0.4) is 0 Å². The van der Waals surface area contributed by atoms with Crippen molar-refractivity contribution in [1.82, 2.24) is 0 Å². The Labute approximate surface area is 146 Å². The second-order valence-electron chi connectivity index (χ2n) is 5.75. The number of hydrogen-bond acceptors (Lipinski definition) is 2. The van der Waals surface area contributed by atoms with Gasteiger partial charge in [0, 0.05) is 23.5 Å². The normalized spacial score (nSPS) is 10.8. The van der Waals surface area contributed by atoms with Crippen molar-refractivity contribution >= 4 is 11.5 Å². The van der Waals surface area contributed by atoms with E-state index in [0.717, 1.165) is 16.8 Å². The first kappa shape index (κ1) is 16.7. The maximum absolute atomic E-state index is 13.2. The molecular formula is C22H18FNO. The molecule has 0 unspecified atom stereocenters. The van der Waals surface area contributed by atoms with Crippen LogP contribution in [0.15, 0.2) is 85.1 Å². The first-order valence-electron chi connectivity index (χ1n) is 8.02. The Kier molecular flexibility index (Phi) is 5.05. The van der Waals surface area contributed by atoms with Crippen molar-refractivity contribution in [3.63, 3.8) is 0 Å². The average molecular weight is 331 g/mol. The highest BCUT2D eigenvalue weighted by atomic mass is 19.1. The topological polar surface area (TPSA) is 29.1 Å². The molecule has 0 atom stereocenters. The Bertz CT molecular complexity index is 899. The lowest BCUT2D eigenvalue weighted by Gasteiger charge is -2.04. The van der Waals surface area contributed by atoms with Crippen LogP contribution in [0, 0.1) is 12.7 Å². The summed E-state index contributed by atoms with van der Waals surface area (Å²) in [6.45, 7) is 1.70.